The molecule has 11 rings (SSSR count). The van der Waals surface area contributed by atoms with E-state index in [0.717, 1.165) is 60.9 Å². The summed E-state index contributed by atoms with van der Waals surface area (Å²) in [5, 5.41) is 32.8. The highest BCUT2D eigenvalue weighted by molar-refractivity contribution is 6.13. The van der Waals surface area contributed by atoms with Gasteiger partial charge in [0.05, 0.1) is 79.5 Å². The van der Waals surface area contributed by atoms with Crippen LogP contribution < -0.4 is 0 Å². The summed E-state index contributed by atoms with van der Waals surface area (Å²) in [6.45, 7) is 0. The summed E-state index contributed by atoms with van der Waals surface area (Å²) in [6.07, 6.45) is -10.2. The molecule has 2 heterocycles. The first kappa shape index (κ1) is 43.2. The van der Waals surface area contributed by atoms with Crippen LogP contribution in [0.2, 0.25) is 0 Å². The second kappa shape index (κ2) is 16.4. The van der Waals surface area contributed by atoms with E-state index in [1.807, 2.05) is 114 Å². The van der Waals surface area contributed by atoms with Gasteiger partial charge in [-0.1, -0.05) is 91.0 Å². The largest absolute Gasteiger partial charge is 0.417 e. The number of alkyl halides is 6. The second-order valence-corrected chi connectivity index (χ2v) is 16.9. The van der Waals surface area contributed by atoms with Gasteiger partial charge in [0.2, 0.25) is 0 Å². The lowest BCUT2D eigenvalue weighted by atomic mass is 9.92. The smallest absolute Gasteiger partial charge is 0.309 e. The molecular formula is C59H31F6N5. The van der Waals surface area contributed by atoms with Crippen LogP contribution in [0.1, 0.15) is 27.8 Å². The molecule has 70 heavy (non-hydrogen) atoms. The van der Waals surface area contributed by atoms with Crippen LogP contribution >= 0.6 is 0 Å². The topological polar surface area (TPSA) is 81.2 Å². The minimum Gasteiger partial charge on any atom is -0.309 e. The van der Waals surface area contributed by atoms with Crippen LogP contribution in [-0.2, 0) is 12.4 Å². The fourth-order valence-electron chi connectivity index (χ4n) is 9.63. The van der Waals surface area contributed by atoms with Gasteiger partial charge in [0, 0.05) is 32.7 Å². The molecule has 0 saturated heterocycles. The van der Waals surface area contributed by atoms with E-state index in [1.54, 1.807) is 48.5 Å². The molecule has 0 amide bonds. The quantitative estimate of drug-likeness (QED) is 0.156. The molecule has 9 aromatic carbocycles. The van der Waals surface area contributed by atoms with Crippen molar-refractivity contribution in [3.8, 4) is 74.1 Å². The van der Waals surface area contributed by atoms with E-state index < -0.39 is 29.0 Å². The number of rotatable bonds is 6. The van der Waals surface area contributed by atoms with Gasteiger partial charge >= 0.3 is 12.4 Å². The molecule has 334 valence electrons. The number of benzene rings is 9. The molecule has 0 atom stereocenters. The Bertz CT molecular complexity index is 4060. The van der Waals surface area contributed by atoms with Gasteiger partial charge < -0.3 is 9.13 Å². The zero-order chi connectivity index (χ0) is 48.5. The van der Waals surface area contributed by atoms with Crippen LogP contribution in [0.15, 0.2) is 188 Å². The summed E-state index contributed by atoms with van der Waals surface area (Å²) < 4.78 is 90.7. The molecule has 0 radical (unpaired) electrons. The third-order valence-electron chi connectivity index (χ3n) is 12.9. The van der Waals surface area contributed by atoms with Crippen molar-refractivity contribution in [1.29, 1.82) is 15.8 Å². The van der Waals surface area contributed by atoms with Crippen LogP contribution in [-0.4, -0.2) is 9.13 Å². The van der Waals surface area contributed by atoms with Crippen molar-refractivity contribution in [3.05, 3.63) is 216 Å². The number of para-hydroxylation sites is 2. The highest BCUT2D eigenvalue weighted by Crippen LogP contribution is 2.46. The number of hydrogen-bond acceptors (Lipinski definition) is 3. The lowest BCUT2D eigenvalue weighted by Gasteiger charge is -2.21. The standard InChI is InChI=1S/C59H31F6N5/c60-58(61,62)43-21-23-44(51(31-43)59(63,64)65)42-18-22-47(57(30-42)70-53-8-4-2-6-46(53)50-29-41(20-26-56(50)70)39-16-11-36(33-67)12-17-39)48-27-37(34-68)13-24-54(48)69-52-7-3-1-5-45(52)49-28-40(19-25-55(49)69)38-14-9-35(32-66)10-15-38/h1-31H. The highest BCUT2D eigenvalue weighted by atomic mass is 19.4. The van der Waals surface area contributed by atoms with E-state index in [-0.39, 0.29) is 11.6 Å². The van der Waals surface area contributed by atoms with Crippen molar-refractivity contribution in [3.63, 3.8) is 0 Å². The molecule has 0 N–H and O–H groups in total. The van der Waals surface area contributed by atoms with Crippen molar-refractivity contribution in [2.45, 2.75) is 12.4 Å². The Hall–Kier alpha value is -9.37. The number of aromatic nitrogens is 2. The summed E-state index contributed by atoms with van der Waals surface area (Å²) in [4.78, 5) is 0. The summed E-state index contributed by atoms with van der Waals surface area (Å²) in [5.41, 5.74) is 6.81. The zero-order valence-electron chi connectivity index (χ0n) is 36.4. The maximum absolute atomic E-state index is 14.9. The van der Waals surface area contributed by atoms with E-state index in [4.69, 9.17) is 0 Å². The van der Waals surface area contributed by atoms with Crippen molar-refractivity contribution in [1.82, 2.24) is 9.13 Å². The van der Waals surface area contributed by atoms with Crippen molar-refractivity contribution in [2.24, 2.45) is 0 Å². The molecule has 2 aromatic heterocycles. The van der Waals surface area contributed by atoms with Crippen LogP contribution in [0.5, 0.6) is 0 Å². The third kappa shape index (κ3) is 7.27. The molecule has 5 nitrogen and oxygen atoms in total. The van der Waals surface area contributed by atoms with Crippen molar-refractivity contribution < 1.29 is 26.3 Å². The SMILES string of the molecule is N#Cc1ccc(-c2ccc3c(c2)c2ccccc2n3-c2ccc(C#N)cc2-c2ccc(-c3ccc(C(F)(F)F)cc3C(F)(F)F)cc2-n2c3ccccc3c3cc(-c4ccc(C#N)cc4)ccc32)cc1. The van der Waals surface area contributed by atoms with E-state index in [0.29, 0.717) is 56.3 Å². The predicted octanol–water partition coefficient (Wildman–Crippen LogP) is 16.2. The second-order valence-electron chi connectivity index (χ2n) is 16.9. The number of nitrogens with zero attached hydrogens (tertiary/aromatic N) is 5. The molecule has 0 unspecified atom stereocenters. The molecule has 0 aliphatic heterocycles. The normalized spacial score (nSPS) is 11.8. The molecule has 0 aliphatic rings. The van der Waals surface area contributed by atoms with Gasteiger partial charge in [-0.2, -0.15) is 42.1 Å². The van der Waals surface area contributed by atoms with E-state index in [2.05, 4.69) is 28.8 Å². The Morgan fingerprint density at radius 1 is 0.329 bits per heavy atom. The van der Waals surface area contributed by atoms with E-state index in [1.165, 1.54) is 6.07 Å². The van der Waals surface area contributed by atoms with Gasteiger partial charge in [-0.25, -0.2) is 0 Å². The van der Waals surface area contributed by atoms with Gasteiger partial charge in [-0.05, 0) is 130 Å². The average molecular weight is 924 g/mol. The molecule has 0 bridgehead atoms. The maximum atomic E-state index is 14.9. The summed E-state index contributed by atoms with van der Waals surface area (Å²) in [6, 6.07) is 60.2. The Labute approximate surface area is 395 Å². The Balaban J connectivity index is 1.21. The predicted molar refractivity (Wildman–Crippen MR) is 261 cm³/mol. The number of fused-ring (bicyclic) bond motifs is 6. The Morgan fingerprint density at radius 3 is 1.30 bits per heavy atom. The highest BCUT2D eigenvalue weighted by Gasteiger charge is 2.38. The van der Waals surface area contributed by atoms with Gasteiger partial charge in [-0.15, -0.1) is 0 Å². The molecule has 11 heteroatoms. The zero-order valence-corrected chi connectivity index (χ0v) is 36.4. The fourth-order valence-corrected chi connectivity index (χ4v) is 9.63. The minimum absolute atomic E-state index is 0.0186. The molecule has 0 fully saturated rings. The molecule has 11 aromatic rings. The van der Waals surface area contributed by atoms with Crippen molar-refractivity contribution >= 4 is 43.6 Å². The Morgan fingerprint density at radius 2 is 0.786 bits per heavy atom. The van der Waals surface area contributed by atoms with Crippen molar-refractivity contribution in [2.75, 3.05) is 0 Å². The summed E-state index contributed by atoms with van der Waals surface area (Å²) >= 11 is 0. The van der Waals surface area contributed by atoms with Gasteiger partial charge in [0.1, 0.15) is 0 Å². The van der Waals surface area contributed by atoms with Gasteiger partial charge in [0.15, 0.2) is 0 Å². The first-order valence-electron chi connectivity index (χ1n) is 21.9. The Kier molecular flexibility index (Phi) is 10.2. The molecule has 0 saturated carbocycles. The van der Waals surface area contributed by atoms with Crippen LogP contribution in [0.3, 0.4) is 0 Å². The molecular weight excluding hydrogens is 893 g/mol. The van der Waals surface area contributed by atoms with Crippen LogP contribution in [0, 0.1) is 34.0 Å². The maximum Gasteiger partial charge on any atom is 0.417 e. The number of nitriles is 3. The lowest BCUT2D eigenvalue weighted by Crippen LogP contribution is -2.12. The summed E-state index contributed by atoms with van der Waals surface area (Å²) in [7, 11) is 0. The molecule has 0 aliphatic carbocycles. The van der Waals surface area contributed by atoms with E-state index in [9.17, 15) is 42.1 Å². The first-order valence-corrected chi connectivity index (χ1v) is 21.9. The minimum atomic E-state index is -5.14. The monoisotopic (exact) mass is 923 g/mol. The third-order valence-corrected chi connectivity index (χ3v) is 12.9. The fraction of sp³-hybridized carbons (Fsp3) is 0.0339. The van der Waals surface area contributed by atoms with Crippen LogP contribution in [0.25, 0.3) is 99.5 Å². The van der Waals surface area contributed by atoms with E-state index >= 15 is 0 Å². The lowest BCUT2D eigenvalue weighted by molar-refractivity contribution is -0.142. The number of hydrogen-bond donors (Lipinski definition) is 0. The van der Waals surface area contributed by atoms with Gasteiger partial charge in [0.25, 0.3) is 0 Å². The average Bonchev–Trinajstić information content (AvgIpc) is 3.89. The van der Waals surface area contributed by atoms with Gasteiger partial charge in [-0.3, -0.25) is 0 Å². The number of halogens is 6. The van der Waals surface area contributed by atoms with Crippen LogP contribution in [0.4, 0.5) is 26.3 Å². The summed E-state index contributed by atoms with van der Waals surface area (Å²) in [5.74, 6) is 0. The molecule has 0 spiro atoms. The first-order chi connectivity index (χ1) is 33.8.